The third-order valence-corrected chi connectivity index (χ3v) is 4.20. The quantitative estimate of drug-likeness (QED) is 0.743. The first-order valence-electron chi connectivity index (χ1n) is 6.83. The Hall–Kier alpha value is -1.70. The van der Waals surface area contributed by atoms with Crippen molar-refractivity contribution in [3.05, 3.63) is 48.0 Å². The van der Waals surface area contributed by atoms with Gasteiger partial charge in [0.15, 0.2) is 0 Å². The molecule has 0 amide bonds. The molecule has 0 unspecified atom stereocenters. The van der Waals surface area contributed by atoms with Gasteiger partial charge in [-0.1, -0.05) is 12.1 Å². The fourth-order valence-corrected chi connectivity index (χ4v) is 2.59. The number of nitrogens with one attached hydrogen (secondary N) is 1. The maximum atomic E-state index is 11.2. The zero-order valence-corrected chi connectivity index (χ0v) is 12.8. The van der Waals surface area contributed by atoms with Crippen molar-refractivity contribution in [1.82, 2.24) is 14.9 Å². The highest BCUT2D eigenvalue weighted by atomic mass is 32.2. The summed E-state index contributed by atoms with van der Waals surface area (Å²) >= 11 is 0. The summed E-state index contributed by atoms with van der Waals surface area (Å²) in [5, 5.41) is 8.39. The fourth-order valence-electron chi connectivity index (χ4n) is 2.07. The highest BCUT2D eigenvalue weighted by Gasteiger charge is 2.06. The van der Waals surface area contributed by atoms with E-state index in [9.17, 15) is 8.42 Å². The minimum absolute atomic E-state index is 0.143. The lowest BCUT2D eigenvalue weighted by Gasteiger charge is -2.07. The number of hydrogen-bond donors (Lipinski definition) is 2. The summed E-state index contributed by atoms with van der Waals surface area (Å²) in [5.41, 5.74) is 1.06. The van der Waals surface area contributed by atoms with E-state index >= 15 is 0 Å². The van der Waals surface area contributed by atoms with Gasteiger partial charge in [-0.25, -0.2) is 18.5 Å². The molecule has 7 heteroatoms. The van der Waals surface area contributed by atoms with Crippen LogP contribution in [0.3, 0.4) is 0 Å². The predicted molar refractivity (Wildman–Crippen MR) is 81.1 cm³/mol. The summed E-state index contributed by atoms with van der Waals surface area (Å²) in [6.07, 6.45) is 4.58. The zero-order chi connectivity index (χ0) is 15.3. The highest BCUT2D eigenvalue weighted by Crippen LogP contribution is 2.09. The Bertz CT molecular complexity index is 677. The Labute approximate surface area is 125 Å². The van der Waals surface area contributed by atoms with Crippen LogP contribution in [0.1, 0.15) is 18.3 Å². The van der Waals surface area contributed by atoms with Gasteiger partial charge in [-0.2, -0.15) is 0 Å². The molecule has 1 heterocycles. The number of rotatable bonds is 7. The summed E-state index contributed by atoms with van der Waals surface area (Å²) < 4.78 is 24.4. The molecule has 0 aliphatic carbocycles. The molecule has 0 radical (unpaired) electrons. The van der Waals surface area contributed by atoms with Crippen LogP contribution in [0.15, 0.2) is 41.6 Å². The van der Waals surface area contributed by atoms with Crippen molar-refractivity contribution in [2.75, 3.05) is 6.54 Å². The number of nitrogens with two attached hydrogens (primary N) is 1. The van der Waals surface area contributed by atoms with Gasteiger partial charge in [0.1, 0.15) is 5.82 Å². The molecule has 114 valence electrons. The van der Waals surface area contributed by atoms with Crippen molar-refractivity contribution in [2.45, 2.75) is 31.3 Å². The lowest BCUT2D eigenvalue weighted by molar-refractivity contribution is 0.597. The first-order chi connectivity index (χ1) is 10.0. The van der Waals surface area contributed by atoms with Crippen LogP contribution < -0.4 is 10.5 Å². The first kappa shape index (κ1) is 15.7. The van der Waals surface area contributed by atoms with Crippen molar-refractivity contribution in [1.29, 1.82) is 0 Å². The van der Waals surface area contributed by atoms with E-state index in [1.165, 1.54) is 12.1 Å². The molecular weight excluding hydrogens is 288 g/mol. The van der Waals surface area contributed by atoms with Gasteiger partial charge in [-0.15, -0.1) is 0 Å². The van der Waals surface area contributed by atoms with E-state index in [0.29, 0.717) is 0 Å². The molecule has 0 saturated heterocycles. The normalized spacial score (nSPS) is 11.7. The van der Waals surface area contributed by atoms with E-state index in [1.807, 2.05) is 6.20 Å². The van der Waals surface area contributed by atoms with Crippen LogP contribution >= 0.6 is 0 Å². The summed E-state index contributed by atoms with van der Waals surface area (Å²) in [7, 11) is -3.61. The smallest absolute Gasteiger partial charge is 0.238 e. The zero-order valence-electron chi connectivity index (χ0n) is 12.0. The number of aryl methyl sites for hydroxylation is 1. The van der Waals surface area contributed by atoms with Crippen LogP contribution in [0.4, 0.5) is 0 Å². The third-order valence-electron chi connectivity index (χ3n) is 3.27. The minimum Gasteiger partial charge on any atom is -0.334 e. The molecule has 1 aromatic heterocycles. The molecule has 0 atom stereocenters. The van der Waals surface area contributed by atoms with E-state index in [-0.39, 0.29) is 4.90 Å². The van der Waals surface area contributed by atoms with Gasteiger partial charge in [0.25, 0.3) is 0 Å². The number of imidazole rings is 1. The van der Waals surface area contributed by atoms with E-state index in [1.54, 1.807) is 18.3 Å². The molecule has 1 aromatic carbocycles. The van der Waals surface area contributed by atoms with Crippen molar-refractivity contribution in [2.24, 2.45) is 5.14 Å². The molecule has 2 rings (SSSR count). The second-order valence-electron chi connectivity index (χ2n) is 4.75. The Morgan fingerprint density at radius 1 is 1.29 bits per heavy atom. The lowest BCUT2D eigenvalue weighted by Crippen LogP contribution is -2.19. The van der Waals surface area contributed by atoms with Crippen LogP contribution in [-0.4, -0.2) is 24.5 Å². The lowest BCUT2D eigenvalue weighted by atomic mass is 10.1. The third kappa shape index (κ3) is 4.38. The van der Waals surface area contributed by atoms with Crippen LogP contribution in [0.2, 0.25) is 0 Å². The molecule has 0 saturated carbocycles. The molecule has 0 spiro atoms. The summed E-state index contributed by atoms with van der Waals surface area (Å²) in [6, 6.07) is 6.64. The molecule has 3 N–H and O–H groups in total. The van der Waals surface area contributed by atoms with Crippen molar-refractivity contribution < 1.29 is 8.42 Å². The number of primary sulfonamides is 1. The van der Waals surface area contributed by atoms with Crippen LogP contribution in [0.5, 0.6) is 0 Å². The number of hydrogen-bond acceptors (Lipinski definition) is 4. The summed E-state index contributed by atoms with van der Waals surface area (Å²) in [6.45, 7) is 4.51. The molecule has 0 bridgehead atoms. The Morgan fingerprint density at radius 3 is 2.62 bits per heavy atom. The maximum absolute atomic E-state index is 11.2. The van der Waals surface area contributed by atoms with Crippen molar-refractivity contribution in [3.8, 4) is 0 Å². The average Bonchev–Trinajstić information content (AvgIpc) is 2.90. The average molecular weight is 308 g/mol. The topological polar surface area (TPSA) is 90.0 Å². The van der Waals surface area contributed by atoms with Gasteiger partial charge < -0.3 is 9.88 Å². The van der Waals surface area contributed by atoms with Crippen molar-refractivity contribution >= 4 is 10.0 Å². The van der Waals surface area contributed by atoms with Gasteiger partial charge in [0.05, 0.1) is 11.4 Å². The van der Waals surface area contributed by atoms with E-state index in [4.69, 9.17) is 5.14 Å². The molecular formula is C14H20N4O2S. The first-order valence-corrected chi connectivity index (χ1v) is 8.38. The molecule has 0 aliphatic heterocycles. The minimum atomic E-state index is -3.61. The second kappa shape index (κ2) is 6.84. The molecule has 21 heavy (non-hydrogen) atoms. The largest absolute Gasteiger partial charge is 0.334 e. The number of nitrogens with zero attached hydrogens (tertiary/aromatic N) is 2. The van der Waals surface area contributed by atoms with Crippen LogP contribution in [0.25, 0.3) is 0 Å². The van der Waals surface area contributed by atoms with Crippen molar-refractivity contribution in [3.63, 3.8) is 0 Å². The Balaban J connectivity index is 1.81. The molecule has 2 aromatic rings. The second-order valence-corrected chi connectivity index (χ2v) is 6.31. The SMILES string of the molecule is CCn1ccnc1CNCCc1ccc(S(N)(=O)=O)cc1. The predicted octanol–water partition coefficient (Wildman–Crippen LogP) is 0.883. The Kier molecular flexibility index (Phi) is 5.11. The molecule has 6 nitrogen and oxygen atoms in total. The maximum Gasteiger partial charge on any atom is 0.238 e. The number of benzene rings is 1. The number of aromatic nitrogens is 2. The van der Waals surface area contributed by atoms with Gasteiger partial charge in [0.2, 0.25) is 10.0 Å². The van der Waals surface area contributed by atoms with Gasteiger partial charge in [0, 0.05) is 18.9 Å². The fraction of sp³-hybridized carbons (Fsp3) is 0.357. The Morgan fingerprint density at radius 2 is 2.00 bits per heavy atom. The van der Waals surface area contributed by atoms with E-state index in [0.717, 1.165) is 37.4 Å². The van der Waals surface area contributed by atoms with Gasteiger partial charge in [-0.05, 0) is 37.6 Å². The van der Waals surface area contributed by atoms with E-state index in [2.05, 4.69) is 21.8 Å². The standard InChI is InChI=1S/C14H20N4O2S/c1-2-18-10-9-17-14(18)11-16-8-7-12-3-5-13(6-4-12)21(15,19)20/h3-6,9-10,16H,2,7-8,11H2,1H3,(H2,15,19,20). The highest BCUT2D eigenvalue weighted by molar-refractivity contribution is 7.89. The van der Waals surface area contributed by atoms with Gasteiger partial charge >= 0.3 is 0 Å². The molecule has 0 fully saturated rings. The summed E-state index contributed by atoms with van der Waals surface area (Å²) in [5.74, 6) is 1.02. The van der Waals surface area contributed by atoms with Gasteiger partial charge in [-0.3, -0.25) is 0 Å². The molecule has 0 aliphatic rings. The monoisotopic (exact) mass is 308 g/mol. The van der Waals surface area contributed by atoms with E-state index < -0.39 is 10.0 Å². The van der Waals surface area contributed by atoms with Crippen LogP contribution in [-0.2, 0) is 29.5 Å². The van der Waals surface area contributed by atoms with Crippen LogP contribution in [0, 0.1) is 0 Å². The number of sulfonamides is 1. The summed E-state index contributed by atoms with van der Waals surface area (Å²) in [4.78, 5) is 4.43.